The second kappa shape index (κ2) is 8.71. The van der Waals surface area contributed by atoms with E-state index in [-0.39, 0.29) is 29.7 Å². The molecule has 0 saturated heterocycles. The van der Waals surface area contributed by atoms with Gasteiger partial charge in [0.2, 0.25) is 0 Å². The zero-order chi connectivity index (χ0) is 13.7. The number of hydrogen-bond acceptors (Lipinski definition) is 2. The maximum absolute atomic E-state index is 9.42. The number of phenols is 1. The highest BCUT2D eigenvalue weighted by atomic mass is 127. The quantitative estimate of drug-likeness (QED) is 0.372. The van der Waals surface area contributed by atoms with Crippen LogP contribution in [0.2, 0.25) is 0 Å². The lowest BCUT2D eigenvalue weighted by Gasteiger charge is -2.23. The normalized spacial score (nSPS) is 16.6. The number of guanidine groups is 1. The van der Waals surface area contributed by atoms with E-state index < -0.39 is 0 Å². The lowest BCUT2D eigenvalue weighted by atomic mass is 9.96. The van der Waals surface area contributed by atoms with Gasteiger partial charge in [0.1, 0.15) is 5.75 Å². The van der Waals surface area contributed by atoms with Crippen molar-refractivity contribution < 1.29 is 5.11 Å². The summed E-state index contributed by atoms with van der Waals surface area (Å²) >= 11 is 3.29. The van der Waals surface area contributed by atoms with E-state index >= 15 is 0 Å². The van der Waals surface area contributed by atoms with Crippen LogP contribution in [0, 0.1) is 0 Å². The number of hydrogen-bond donors (Lipinski definition) is 3. The summed E-state index contributed by atoms with van der Waals surface area (Å²) in [6.45, 7) is 0.518. The third kappa shape index (κ3) is 5.47. The van der Waals surface area contributed by atoms with Crippen LogP contribution in [0.4, 0.5) is 0 Å². The maximum atomic E-state index is 9.42. The Hall–Kier alpha value is -0.500. The van der Waals surface area contributed by atoms with Crippen molar-refractivity contribution in [1.82, 2.24) is 5.32 Å². The van der Waals surface area contributed by atoms with Gasteiger partial charge in [0, 0.05) is 6.04 Å². The summed E-state index contributed by atoms with van der Waals surface area (Å²) in [5, 5.41) is 12.7. The molecule has 1 aromatic carbocycles. The minimum Gasteiger partial charge on any atom is -0.507 e. The molecule has 20 heavy (non-hydrogen) atoms. The molecule has 6 heteroatoms. The average Bonchev–Trinajstić information content (AvgIpc) is 2.41. The largest absolute Gasteiger partial charge is 0.507 e. The van der Waals surface area contributed by atoms with E-state index in [9.17, 15) is 5.11 Å². The molecular weight excluding hydrogens is 433 g/mol. The number of aliphatic imine (C=N–C) groups is 1. The summed E-state index contributed by atoms with van der Waals surface area (Å²) in [7, 11) is 0. The van der Waals surface area contributed by atoms with Crippen LogP contribution < -0.4 is 11.1 Å². The molecule has 112 valence electrons. The zero-order valence-corrected chi connectivity index (χ0v) is 15.2. The van der Waals surface area contributed by atoms with Gasteiger partial charge in [-0.2, -0.15) is 0 Å². The third-order valence-electron chi connectivity index (χ3n) is 3.40. The standard InChI is InChI=1S/C14H20BrN3O.HI/c15-12-8-10(6-7-13(12)19)9-17-14(16)18-11-4-2-1-3-5-11;/h6-8,11,19H,1-5,9H2,(H3,16,17,18);1H. The Morgan fingerprint density at radius 1 is 1.35 bits per heavy atom. The van der Waals surface area contributed by atoms with Gasteiger partial charge in [-0.1, -0.05) is 25.3 Å². The topological polar surface area (TPSA) is 70.6 Å². The SMILES string of the molecule is I.NC(=NCc1ccc(O)c(Br)c1)NC1CCCCC1. The highest BCUT2D eigenvalue weighted by Crippen LogP contribution is 2.24. The monoisotopic (exact) mass is 453 g/mol. The third-order valence-corrected chi connectivity index (χ3v) is 4.04. The van der Waals surface area contributed by atoms with Gasteiger partial charge >= 0.3 is 0 Å². The molecule has 0 spiro atoms. The Morgan fingerprint density at radius 2 is 2.05 bits per heavy atom. The Balaban J connectivity index is 0.00000200. The molecule has 1 saturated carbocycles. The fourth-order valence-electron chi connectivity index (χ4n) is 2.33. The highest BCUT2D eigenvalue weighted by molar-refractivity contribution is 14.0. The lowest BCUT2D eigenvalue weighted by Crippen LogP contribution is -2.41. The van der Waals surface area contributed by atoms with E-state index in [4.69, 9.17) is 5.73 Å². The van der Waals surface area contributed by atoms with Gasteiger partial charge in [-0.15, -0.1) is 24.0 Å². The van der Waals surface area contributed by atoms with Crippen LogP contribution in [-0.2, 0) is 6.54 Å². The molecule has 0 heterocycles. The molecule has 0 bridgehead atoms. The summed E-state index contributed by atoms with van der Waals surface area (Å²) in [5.41, 5.74) is 6.91. The second-order valence-corrected chi connectivity index (χ2v) is 5.82. The number of nitrogens with zero attached hydrogens (tertiary/aromatic N) is 1. The Morgan fingerprint density at radius 3 is 2.70 bits per heavy atom. The molecule has 1 aromatic rings. The van der Waals surface area contributed by atoms with Crippen molar-refractivity contribution in [2.75, 3.05) is 0 Å². The van der Waals surface area contributed by atoms with Crippen molar-refractivity contribution in [2.45, 2.75) is 44.7 Å². The molecular formula is C14H21BrIN3O. The molecule has 0 unspecified atom stereocenters. The summed E-state index contributed by atoms with van der Waals surface area (Å²) in [4.78, 5) is 4.34. The van der Waals surface area contributed by atoms with Gasteiger partial charge in [-0.05, 0) is 46.5 Å². The molecule has 4 N–H and O–H groups in total. The molecule has 2 rings (SSSR count). The summed E-state index contributed by atoms with van der Waals surface area (Å²) in [6, 6.07) is 5.83. The van der Waals surface area contributed by atoms with Crippen molar-refractivity contribution in [3.05, 3.63) is 28.2 Å². The van der Waals surface area contributed by atoms with Crippen LogP contribution in [0.3, 0.4) is 0 Å². The van der Waals surface area contributed by atoms with Gasteiger partial charge in [0.25, 0.3) is 0 Å². The van der Waals surface area contributed by atoms with Crippen molar-refractivity contribution in [2.24, 2.45) is 10.7 Å². The fourth-order valence-corrected chi connectivity index (χ4v) is 2.75. The summed E-state index contributed by atoms with van der Waals surface area (Å²) in [6.07, 6.45) is 6.24. The molecule has 0 radical (unpaired) electrons. The molecule has 0 atom stereocenters. The van der Waals surface area contributed by atoms with Crippen molar-refractivity contribution in [3.63, 3.8) is 0 Å². The zero-order valence-electron chi connectivity index (χ0n) is 11.3. The number of halogens is 2. The molecule has 1 fully saturated rings. The van der Waals surface area contributed by atoms with Crippen LogP contribution in [0.15, 0.2) is 27.7 Å². The summed E-state index contributed by atoms with van der Waals surface area (Å²) in [5.74, 6) is 0.747. The number of phenolic OH excluding ortho intramolecular Hbond substituents is 1. The Labute approximate surface area is 145 Å². The maximum Gasteiger partial charge on any atom is 0.189 e. The van der Waals surface area contributed by atoms with Gasteiger partial charge in [0.05, 0.1) is 11.0 Å². The van der Waals surface area contributed by atoms with Crippen molar-refractivity contribution in [1.29, 1.82) is 0 Å². The van der Waals surface area contributed by atoms with Crippen molar-refractivity contribution >= 4 is 45.9 Å². The first-order valence-corrected chi connectivity index (χ1v) is 7.48. The lowest BCUT2D eigenvalue weighted by molar-refractivity contribution is 0.412. The molecule has 4 nitrogen and oxygen atoms in total. The number of benzene rings is 1. The number of rotatable bonds is 3. The first-order chi connectivity index (χ1) is 9.15. The smallest absolute Gasteiger partial charge is 0.189 e. The second-order valence-electron chi connectivity index (χ2n) is 4.97. The van der Waals surface area contributed by atoms with E-state index in [0.29, 0.717) is 23.0 Å². The summed E-state index contributed by atoms with van der Waals surface area (Å²) < 4.78 is 0.680. The molecule has 1 aliphatic carbocycles. The average molecular weight is 454 g/mol. The van der Waals surface area contributed by atoms with Crippen LogP contribution in [0.1, 0.15) is 37.7 Å². The van der Waals surface area contributed by atoms with Gasteiger partial charge < -0.3 is 16.2 Å². The van der Waals surface area contributed by atoms with E-state index in [1.54, 1.807) is 6.07 Å². The first-order valence-electron chi connectivity index (χ1n) is 6.69. The first kappa shape index (κ1) is 17.6. The van der Waals surface area contributed by atoms with Gasteiger partial charge in [-0.25, -0.2) is 4.99 Å². The van der Waals surface area contributed by atoms with Crippen LogP contribution >= 0.6 is 39.9 Å². The molecule has 0 aliphatic heterocycles. The Kier molecular flexibility index (Phi) is 7.65. The van der Waals surface area contributed by atoms with Crippen LogP contribution in [-0.4, -0.2) is 17.1 Å². The minimum absolute atomic E-state index is 0. The van der Waals surface area contributed by atoms with E-state index in [2.05, 4.69) is 26.2 Å². The molecule has 0 aromatic heterocycles. The number of aromatic hydroxyl groups is 1. The van der Waals surface area contributed by atoms with Gasteiger partial charge in [0.15, 0.2) is 5.96 Å². The Bertz CT molecular complexity index is 462. The highest BCUT2D eigenvalue weighted by Gasteiger charge is 2.13. The molecule has 0 amide bonds. The van der Waals surface area contributed by atoms with E-state index in [0.717, 1.165) is 5.56 Å². The van der Waals surface area contributed by atoms with E-state index in [1.807, 2.05) is 12.1 Å². The van der Waals surface area contributed by atoms with Gasteiger partial charge in [-0.3, -0.25) is 0 Å². The number of nitrogens with two attached hydrogens (primary N) is 1. The van der Waals surface area contributed by atoms with Crippen molar-refractivity contribution in [3.8, 4) is 5.75 Å². The van der Waals surface area contributed by atoms with E-state index in [1.165, 1.54) is 32.1 Å². The predicted molar refractivity (Wildman–Crippen MR) is 96.6 cm³/mol. The van der Waals surface area contributed by atoms with Crippen LogP contribution in [0.25, 0.3) is 0 Å². The molecule has 1 aliphatic rings. The predicted octanol–water partition coefficient (Wildman–Crippen LogP) is 3.51. The minimum atomic E-state index is 0. The number of nitrogens with one attached hydrogen (secondary N) is 1. The fraction of sp³-hybridized carbons (Fsp3) is 0.500. The van der Waals surface area contributed by atoms with Crippen LogP contribution in [0.5, 0.6) is 5.75 Å².